The molecule has 0 unspecified atom stereocenters. The third-order valence-corrected chi connectivity index (χ3v) is 8.17. The first-order valence-electron chi connectivity index (χ1n) is 11.6. The Balaban J connectivity index is 1.55. The molecule has 9 nitrogen and oxygen atoms in total. The lowest BCUT2D eigenvalue weighted by atomic mass is 10.1. The van der Waals surface area contributed by atoms with Crippen LogP contribution < -0.4 is 16.0 Å². The Kier molecular flexibility index (Phi) is 5.16. The van der Waals surface area contributed by atoms with E-state index in [-0.39, 0.29) is 5.56 Å². The highest BCUT2D eigenvalue weighted by Gasteiger charge is 2.21. The van der Waals surface area contributed by atoms with E-state index in [4.69, 9.17) is 4.74 Å². The first-order chi connectivity index (χ1) is 17.8. The monoisotopic (exact) mass is 512 g/mol. The van der Waals surface area contributed by atoms with Crippen molar-refractivity contribution in [1.29, 1.82) is 0 Å². The Morgan fingerprint density at radius 1 is 1.03 bits per heavy atom. The third kappa shape index (κ3) is 3.44. The zero-order valence-electron chi connectivity index (χ0n) is 21.0. The Morgan fingerprint density at radius 3 is 2.57 bits per heavy atom. The molecule has 0 saturated heterocycles. The molecule has 186 valence electrons. The fraction of sp³-hybridized carbons (Fsp3) is 0.185. The van der Waals surface area contributed by atoms with Crippen LogP contribution in [0.5, 0.6) is 5.75 Å². The second-order valence-corrected chi connectivity index (χ2v) is 10.0. The van der Waals surface area contributed by atoms with Gasteiger partial charge in [0.05, 0.1) is 47.6 Å². The van der Waals surface area contributed by atoms with E-state index in [9.17, 15) is 9.59 Å². The van der Waals surface area contributed by atoms with Gasteiger partial charge in [0.25, 0.3) is 5.56 Å². The van der Waals surface area contributed by atoms with Crippen molar-refractivity contribution < 1.29 is 4.74 Å². The van der Waals surface area contributed by atoms with E-state index < -0.39 is 5.69 Å². The molecule has 0 atom stereocenters. The number of benzene rings is 2. The van der Waals surface area contributed by atoms with Gasteiger partial charge < -0.3 is 9.30 Å². The Bertz CT molecular complexity index is 1970. The molecule has 10 heteroatoms. The summed E-state index contributed by atoms with van der Waals surface area (Å²) in [6, 6.07) is 11.4. The quantitative estimate of drug-likeness (QED) is 0.355. The largest absolute Gasteiger partial charge is 0.495 e. The van der Waals surface area contributed by atoms with Gasteiger partial charge >= 0.3 is 5.69 Å². The summed E-state index contributed by atoms with van der Waals surface area (Å²) in [4.78, 5) is 33.0. The van der Waals surface area contributed by atoms with Crippen molar-refractivity contribution in [2.45, 2.75) is 13.8 Å². The Morgan fingerprint density at radius 2 is 1.84 bits per heavy atom. The number of fused-ring (bicyclic) bond motifs is 2. The van der Waals surface area contributed by atoms with Crippen LogP contribution in [0.25, 0.3) is 42.9 Å². The highest BCUT2D eigenvalue weighted by atomic mass is 32.1. The Labute approximate surface area is 215 Å². The summed E-state index contributed by atoms with van der Waals surface area (Å²) in [5, 5.41) is 5.65. The van der Waals surface area contributed by atoms with Crippen molar-refractivity contribution in [2.75, 3.05) is 7.11 Å². The van der Waals surface area contributed by atoms with E-state index in [1.54, 1.807) is 42.0 Å². The summed E-state index contributed by atoms with van der Waals surface area (Å²) in [6.45, 7) is 3.86. The zero-order chi connectivity index (χ0) is 26.0. The maximum absolute atomic E-state index is 13.8. The number of ether oxygens (including phenoxy) is 1. The van der Waals surface area contributed by atoms with Gasteiger partial charge in [-0.05, 0) is 55.3 Å². The maximum atomic E-state index is 13.8. The smallest absolute Gasteiger partial charge is 0.336 e. The van der Waals surface area contributed by atoms with Crippen molar-refractivity contribution in [1.82, 2.24) is 28.5 Å². The van der Waals surface area contributed by atoms with E-state index in [2.05, 4.69) is 10.1 Å². The molecule has 37 heavy (non-hydrogen) atoms. The number of aromatic nitrogens is 6. The lowest BCUT2D eigenvalue weighted by Gasteiger charge is -2.11. The van der Waals surface area contributed by atoms with E-state index in [1.807, 2.05) is 62.0 Å². The number of nitrogens with zero attached hydrogens (tertiary/aromatic N) is 6. The second-order valence-electron chi connectivity index (χ2n) is 9.04. The second kappa shape index (κ2) is 8.31. The molecule has 0 bridgehead atoms. The van der Waals surface area contributed by atoms with Crippen LogP contribution in [0.1, 0.15) is 11.3 Å². The molecule has 4 aromatic heterocycles. The average molecular weight is 513 g/mol. The van der Waals surface area contributed by atoms with Crippen molar-refractivity contribution in [2.24, 2.45) is 14.1 Å². The van der Waals surface area contributed by atoms with E-state index in [0.717, 1.165) is 38.3 Å². The number of aryl methyl sites for hydroxylation is 4. The summed E-state index contributed by atoms with van der Waals surface area (Å²) in [7, 11) is 5.19. The molecule has 0 spiro atoms. The van der Waals surface area contributed by atoms with Crippen LogP contribution in [-0.4, -0.2) is 35.6 Å². The lowest BCUT2D eigenvalue weighted by Crippen LogP contribution is -2.37. The van der Waals surface area contributed by atoms with Gasteiger partial charge in [-0.15, -0.1) is 11.3 Å². The standard InChI is InChI=1S/C27H24N6O3S/c1-15-13-32(14-28-15)21-8-6-17(11-22(21)36-5)24-16(2)23-25(34)33(27(35)30(3)26(23)37-24)19-7-9-20-18(10-19)12-29-31(20)4/h6-14H,1-5H3. The van der Waals surface area contributed by atoms with Crippen LogP contribution >= 0.6 is 11.3 Å². The summed E-state index contributed by atoms with van der Waals surface area (Å²) in [5.41, 5.74) is 4.22. The average Bonchev–Trinajstić information content (AvgIpc) is 3.59. The van der Waals surface area contributed by atoms with Gasteiger partial charge in [-0.2, -0.15) is 5.10 Å². The molecule has 0 aliphatic heterocycles. The number of imidazole rings is 1. The van der Waals surface area contributed by atoms with Crippen LogP contribution in [0.2, 0.25) is 0 Å². The van der Waals surface area contributed by atoms with Gasteiger partial charge in [0, 0.05) is 30.6 Å². The van der Waals surface area contributed by atoms with Crippen LogP contribution in [-0.2, 0) is 14.1 Å². The fourth-order valence-corrected chi connectivity index (χ4v) is 6.05. The van der Waals surface area contributed by atoms with Gasteiger partial charge in [-0.1, -0.05) is 6.07 Å². The molecule has 0 N–H and O–H groups in total. The summed E-state index contributed by atoms with van der Waals surface area (Å²) in [5.74, 6) is 0.683. The summed E-state index contributed by atoms with van der Waals surface area (Å²) < 4.78 is 12.1. The van der Waals surface area contributed by atoms with Crippen LogP contribution in [0, 0.1) is 13.8 Å². The highest BCUT2D eigenvalue weighted by molar-refractivity contribution is 7.22. The normalized spacial score (nSPS) is 11.6. The fourth-order valence-electron chi connectivity index (χ4n) is 4.80. The number of hydrogen-bond acceptors (Lipinski definition) is 6. The van der Waals surface area contributed by atoms with Crippen molar-refractivity contribution in [3.63, 3.8) is 0 Å². The highest BCUT2D eigenvalue weighted by Crippen LogP contribution is 2.39. The van der Waals surface area contributed by atoms with Gasteiger partial charge in [-0.25, -0.2) is 14.3 Å². The van der Waals surface area contributed by atoms with Crippen molar-refractivity contribution in [3.05, 3.63) is 87.2 Å². The molecule has 2 aromatic carbocycles. The molecule has 0 aliphatic rings. The molecule has 6 rings (SSSR count). The van der Waals surface area contributed by atoms with Crippen molar-refractivity contribution >= 4 is 32.5 Å². The first-order valence-corrected chi connectivity index (χ1v) is 12.5. The molecule has 0 aliphatic carbocycles. The van der Waals surface area contributed by atoms with Crippen LogP contribution in [0.3, 0.4) is 0 Å². The number of thiophene rings is 1. The maximum Gasteiger partial charge on any atom is 0.336 e. The number of methoxy groups -OCH3 is 1. The van der Waals surface area contributed by atoms with E-state index in [0.29, 0.717) is 21.7 Å². The van der Waals surface area contributed by atoms with E-state index >= 15 is 0 Å². The topological polar surface area (TPSA) is 88.9 Å². The minimum atomic E-state index is -0.392. The van der Waals surface area contributed by atoms with Crippen LogP contribution in [0.15, 0.2) is 64.7 Å². The molecular weight excluding hydrogens is 488 g/mol. The minimum absolute atomic E-state index is 0.334. The van der Waals surface area contributed by atoms with E-state index in [1.165, 1.54) is 15.9 Å². The molecule has 0 amide bonds. The summed E-state index contributed by atoms with van der Waals surface area (Å²) in [6.07, 6.45) is 5.41. The third-order valence-electron chi connectivity index (χ3n) is 6.75. The molecule has 4 heterocycles. The van der Waals surface area contributed by atoms with Gasteiger partial charge in [0.1, 0.15) is 10.6 Å². The molecule has 0 saturated carbocycles. The summed E-state index contributed by atoms with van der Waals surface area (Å²) >= 11 is 1.43. The molecule has 6 aromatic rings. The Hall–Kier alpha value is -4.44. The predicted octanol–water partition coefficient (Wildman–Crippen LogP) is 4.12. The lowest BCUT2D eigenvalue weighted by molar-refractivity contribution is 0.413. The zero-order valence-corrected chi connectivity index (χ0v) is 21.8. The predicted molar refractivity (Wildman–Crippen MR) is 146 cm³/mol. The molecule has 0 radical (unpaired) electrons. The van der Waals surface area contributed by atoms with Crippen molar-refractivity contribution in [3.8, 4) is 27.6 Å². The SMILES string of the molecule is COc1cc(-c2sc3c(c2C)c(=O)n(-c2ccc4c(cnn4C)c2)c(=O)n3C)ccc1-n1cnc(C)c1. The van der Waals surface area contributed by atoms with Gasteiger partial charge in [0.2, 0.25) is 0 Å². The number of rotatable bonds is 4. The molecule has 0 fully saturated rings. The van der Waals surface area contributed by atoms with Crippen LogP contribution in [0.4, 0.5) is 0 Å². The minimum Gasteiger partial charge on any atom is -0.495 e. The van der Waals surface area contributed by atoms with Gasteiger partial charge in [-0.3, -0.25) is 14.0 Å². The molecular formula is C27H24N6O3S. The first kappa shape index (κ1) is 23.0. The van der Waals surface area contributed by atoms with Gasteiger partial charge in [0.15, 0.2) is 0 Å². The number of hydrogen-bond donors (Lipinski definition) is 0.